The summed E-state index contributed by atoms with van der Waals surface area (Å²) >= 11 is 1.37. The quantitative estimate of drug-likeness (QED) is 0.734. The number of fused-ring (bicyclic) bond motifs is 1. The van der Waals surface area contributed by atoms with Crippen LogP contribution in [0.3, 0.4) is 0 Å². The molecule has 0 spiro atoms. The van der Waals surface area contributed by atoms with Crippen LogP contribution in [-0.4, -0.2) is 25.2 Å². The van der Waals surface area contributed by atoms with Crippen LogP contribution in [-0.2, 0) is 4.74 Å². The number of methoxy groups -OCH3 is 2. The zero-order valence-corrected chi connectivity index (χ0v) is 9.30. The molecule has 2 aromatic heterocycles. The Morgan fingerprint density at radius 1 is 1.47 bits per heavy atom. The maximum absolute atomic E-state index is 11.4. The van der Waals surface area contributed by atoms with Gasteiger partial charge in [-0.1, -0.05) is 0 Å². The van der Waals surface area contributed by atoms with Crippen molar-refractivity contribution in [2.75, 3.05) is 14.2 Å². The summed E-state index contributed by atoms with van der Waals surface area (Å²) in [5.74, 6) is -0.128. The first kappa shape index (κ1) is 9.97. The predicted octanol–water partition coefficient (Wildman–Crippen LogP) is 1.99. The number of carbonyl (C=O) groups is 1. The van der Waals surface area contributed by atoms with Gasteiger partial charge in [-0.15, -0.1) is 11.3 Å². The maximum Gasteiger partial charge on any atom is 0.375 e. The lowest BCUT2D eigenvalue weighted by Gasteiger charge is -1.93. The van der Waals surface area contributed by atoms with Gasteiger partial charge >= 0.3 is 11.9 Å². The zero-order valence-electron chi connectivity index (χ0n) is 8.49. The van der Waals surface area contributed by atoms with Crippen LogP contribution in [0.2, 0.25) is 0 Å². The van der Waals surface area contributed by atoms with Crippen LogP contribution in [0.5, 0.6) is 5.95 Å². The second-order valence-corrected chi connectivity index (χ2v) is 4.03. The number of nitrogens with zero attached hydrogens (tertiary/aromatic N) is 1. The summed E-state index contributed by atoms with van der Waals surface area (Å²) in [4.78, 5) is 15.6. The summed E-state index contributed by atoms with van der Waals surface area (Å²) in [5, 5.41) is 0.847. The third kappa shape index (κ3) is 1.46. The minimum absolute atomic E-state index is 0.148. The highest BCUT2D eigenvalue weighted by atomic mass is 32.1. The monoisotopic (exact) mass is 227 g/mol. The fourth-order valence-electron chi connectivity index (χ4n) is 1.27. The number of aromatic nitrogens is 1. The molecule has 0 saturated heterocycles. The molecule has 0 amide bonds. The number of carbonyl (C=O) groups excluding carboxylic acids is 1. The van der Waals surface area contributed by atoms with Crippen LogP contribution in [0.25, 0.3) is 10.2 Å². The molecule has 2 heterocycles. The molecule has 15 heavy (non-hydrogen) atoms. The molecule has 0 unspecified atom stereocenters. The maximum atomic E-state index is 11.4. The van der Waals surface area contributed by atoms with E-state index in [1.807, 2.05) is 6.92 Å². The van der Waals surface area contributed by atoms with E-state index in [0.717, 1.165) is 5.01 Å². The van der Waals surface area contributed by atoms with Gasteiger partial charge < -0.3 is 13.9 Å². The van der Waals surface area contributed by atoms with Crippen molar-refractivity contribution < 1.29 is 18.7 Å². The van der Waals surface area contributed by atoms with Crippen molar-refractivity contribution in [3.8, 4) is 5.95 Å². The zero-order chi connectivity index (χ0) is 11.0. The van der Waals surface area contributed by atoms with Crippen molar-refractivity contribution in [3.63, 3.8) is 0 Å². The lowest BCUT2D eigenvalue weighted by Crippen LogP contribution is -1.98. The van der Waals surface area contributed by atoms with Crippen LogP contribution >= 0.6 is 11.3 Å². The Labute approximate surface area is 89.6 Å². The highest BCUT2D eigenvalue weighted by Gasteiger charge is 2.23. The highest BCUT2D eigenvalue weighted by molar-refractivity contribution is 7.19. The van der Waals surface area contributed by atoms with Crippen molar-refractivity contribution in [3.05, 3.63) is 10.8 Å². The molecule has 0 bridgehead atoms. The molecule has 0 saturated carbocycles. The van der Waals surface area contributed by atoms with E-state index in [-0.39, 0.29) is 11.7 Å². The number of hydrogen-bond donors (Lipinski definition) is 0. The second kappa shape index (κ2) is 3.54. The average molecular weight is 227 g/mol. The smallest absolute Gasteiger partial charge is 0.375 e. The number of furan rings is 1. The Balaban J connectivity index is 2.68. The predicted molar refractivity (Wildman–Crippen MR) is 54.5 cm³/mol. The highest BCUT2D eigenvalue weighted by Crippen LogP contribution is 2.35. The van der Waals surface area contributed by atoms with Crippen LogP contribution in [0.1, 0.15) is 15.6 Å². The van der Waals surface area contributed by atoms with Crippen molar-refractivity contribution >= 4 is 27.5 Å². The Kier molecular flexibility index (Phi) is 2.36. The Morgan fingerprint density at radius 3 is 2.80 bits per heavy atom. The van der Waals surface area contributed by atoms with E-state index >= 15 is 0 Å². The van der Waals surface area contributed by atoms with E-state index in [9.17, 15) is 4.79 Å². The largest absolute Gasteiger partial charge is 0.467 e. The lowest BCUT2D eigenvalue weighted by molar-refractivity contribution is 0.0562. The summed E-state index contributed by atoms with van der Waals surface area (Å²) in [6, 6.07) is 0. The summed E-state index contributed by atoms with van der Waals surface area (Å²) in [6.45, 7) is 1.85. The Bertz CT molecular complexity index is 513. The molecule has 0 aliphatic carbocycles. The van der Waals surface area contributed by atoms with Gasteiger partial charge in [0.2, 0.25) is 5.76 Å². The second-order valence-electron chi connectivity index (χ2n) is 2.82. The molecule has 5 nitrogen and oxygen atoms in total. The van der Waals surface area contributed by atoms with Gasteiger partial charge in [0.1, 0.15) is 4.70 Å². The number of ether oxygens (including phenoxy) is 2. The molecular weight excluding hydrogens is 218 g/mol. The number of rotatable bonds is 2. The first-order valence-electron chi connectivity index (χ1n) is 4.19. The topological polar surface area (TPSA) is 61.6 Å². The number of esters is 1. The minimum Gasteiger partial charge on any atom is -0.467 e. The van der Waals surface area contributed by atoms with E-state index in [1.54, 1.807) is 0 Å². The number of hydrogen-bond acceptors (Lipinski definition) is 6. The molecule has 0 aliphatic rings. The summed E-state index contributed by atoms with van der Waals surface area (Å²) in [5.41, 5.74) is 0.570. The summed E-state index contributed by atoms with van der Waals surface area (Å²) in [7, 11) is 2.77. The van der Waals surface area contributed by atoms with Crippen molar-refractivity contribution in [1.29, 1.82) is 0 Å². The molecule has 2 aromatic rings. The first-order valence-corrected chi connectivity index (χ1v) is 5.01. The van der Waals surface area contributed by atoms with E-state index in [4.69, 9.17) is 9.15 Å². The molecule has 0 N–H and O–H groups in total. The third-order valence-corrected chi connectivity index (χ3v) is 2.85. The molecule has 0 radical (unpaired) electrons. The van der Waals surface area contributed by atoms with Crippen LogP contribution < -0.4 is 4.74 Å². The van der Waals surface area contributed by atoms with E-state index in [2.05, 4.69) is 9.72 Å². The van der Waals surface area contributed by atoms with Gasteiger partial charge in [0.15, 0.2) is 5.52 Å². The van der Waals surface area contributed by atoms with Gasteiger partial charge in [-0.3, -0.25) is 0 Å². The number of aryl methyl sites for hydroxylation is 1. The lowest BCUT2D eigenvalue weighted by atomic mass is 10.4. The van der Waals surface area contributed by atoms with Gasteiger partial charge in [0.25, 0.3) is 0 Å². The van der Waals surface area contributed by atoms with Gasteiger partial charge in [0.05, 0.1) is 19.2 Å². The fourth-order valence-corrected chi connectivity index (χ4v) is 2.15. The van der Waals surface area contributed by atoms with Crippen molar-refractivity contribution in [1.82, 2.24) is 4.98 Å². The summed E-state index contributed by atoms with van der Waals surface area (Å²) in [6.07, 6.45) is 0. The molecule has 0 atom stereocenters. The van der Waals surface area contributed by atoms with Gasteiger partial charge in [0, 0.05) is 0 Å². The normalized spacial score (nSPS) is 10.6. The van der Waals surface area contributed by atoms with Crippen LogP contribution in [0, 0.1) is 6.92 Å². The van der Waals surface area contributed by atoms with Crippen molar-refractivity contribution in [2.24, 2.45) is 0 Å². The average Bonchev–Trinajstić information content (AvgIpc) is 2.73. The molecule has 80 valence electrons. The van der Waals surface area contributed by atoms with Crippen LogP contribution in [0.4, 0.5) is 0 Å². The van der Waals surface area contributed by atoms with E-state index in [1.165, 1.54) is 25.6 Å². The van der Waals surface area contributed by atoms with Gasteiger partial charge in [-0.05, 0) is 6.92 Å². The SMILES string of the molecule is COC(=O)c1oc(OC)c2nc(C)sc12. The molecule has 2 rings (SSSR count). The molecule has 0 aliphatic heterocycles. The van der Waals surface area contributed by atoms with E-state index in [0.29, 0.717) is 10.2 Å². The Morgan fingerprint density at radius 2 is 2.20 bits per heavy atom. The fraction of sp³-hybridized carbons (Fsp3) is 0.333. The van der Waals surface area contributed by atoms with E-state index < -0.39 is 5.97 Å². The number of thiazole rings is 1. The minimum atomic E-state index is -0.521. The summed E-state index contributed by atoms with van der Waals surface area (Å²) < 4.78 is 15.5. The standard InChI is InChI=1S/C9H9NO4S/c1-4-10-5-7(15-4)6(8(11)12-2)14-9(5)13-3/h1-3H3. The molecule has 0 aromatic carbocycles. The molecule has 0 fully saturated rings. The Hall–Kier alpha value is -1.56. The van der Waals surface area contributed by atoms with Crippen LogP contribution in [0.15, 0.2) is 4.42 Å². The third-order valence-electron chi connectivity index (χ3n) is 1.88. The molecule has 6 heteroatoms. The molecular formula is C9H9NO4S. The van der Waals surface area contributed by atoms with Gasteiger partial charge in [-0.2, -0.15) is 0 Å². The first-order chi connectivity index (χ1) is 7.17. The van der Waals surface area contributed by atoms with Crippen molar-refractivity contribution in [2.45, 2.75) is 6.92 Å². The van der Waals surface area contributed by atoms with Gasteiger partial charge in [-0.25, -0.2) is 9.78 Å².